The third-order valence-electron chi connectivity index (χ3n) is 2.77. The number of rotatable bonds is 2. The van der Waals surface area contributed by atoms with Crippen LogP contribution in [0.25, 0.3) is 0 Å². The maximum atomic E-state index is 12.9. The topological polar surface area (TPSA) is 83.6 Å². The summed E-state index contributed by atoms with van der Waals surface area (Å²) in [6.45, 7) is 0.166. The Labute approximate surface area is 96.6 Å². The van der Waals surface area contributed by atoms with E-state index in [4.69, 9.17) is 5.73 Å². The van der Waals surface area contributed by atoms with E-state index >= 15 is 0 Å². The first-order valence-electron chi connectivity index (χ1n) is 5.07. The van der Waals surface area contributed by atoms with Crippen molar-refractivity contribution >= 4 is 17.5 Å². The number of nitrogens with zero attached hydrogens (tertiary/aromatic N) is 1. The number of anilines is 1. The number of phenols is 1. The van der Waals surface area contributed by atoms with Crippen LogP contribution in [0.5, 0.6) is 5.75 Å². The summed E-state index contributed by atoms with van der Waals surface area (Å²) >= 11 is 0. The summed E-state index contributed by atoms with van der Waals surface area (Å²) in [5, 5.41) is 9.22. The fraction of sp³-hybridized carbons (Fsp3) is 0.273. The van der Waals surface area contributed by atoms with Crippen LogP contribution in [0.4, 0.5) is 10.1 Å². The van der Waals surface area contributed by atoms with E-state index in [2.05, 4.69) is 0 Å². The van der Waals surface area contributed by atoms with Gasteiger partial charge in [0.05, 0.1) is 5.92 Å². The van der Waals surface area contributed by atoms with Crippen molar-refractivity contribution in [3.05, 3.63) is 24.0 Å². The summed E-state index contributed by atoms with van der Waals surface area (Å²) in [7, 11) is 0. The average Bonchev–Trinajstić information content (AvgIpc) is 2.65. The van der Waals surface area contributed by atoms with Crippen molar-refractivity contribution in [1.82, 2.24) is 0 Å². The van der Waals surface area contributed by atoms with Gasteiger partial charge in [0.1, 0.15) is 0 Å². The van der Waals surface area contributed by atoms with E-state index in [0.717, 1.165) is 12.1 Å². The summed E-state index contributed by atoms with van der Waals surface area (Å²) < 4.78 is 12.9. The Kier molecular flexibility index (Phi) is 2.71. The zero-order valence-corrected chi connectivity index (χ0v) is 8.89. The Morgan fingerprint density at radius 3 is 2.76 bits per heavy atom. The minimum Gasteiger partial charge on any atom is -0.505 e. The molecule has 0 saturated carbocycles. The minimum absolute atomic E-state index is 0.0491. The number of nitrogens with two attached hydrogens (primary N) is 1. The number of phenolic OH excluding ortho intramolecular Hbond substituents is 1. The first-order chi connectivity index (χ1) is 7.99. The van der Waals surface area contributed by atoms with Crippen molar-refractivity contribution in [3.8, 4) is 5.75 Å². The number of primary amides is 1. The van der Waals surface area contributed by atoms with E-state index in [0.29, 0.717) is 5.69 Å². The lowest BCUT2D eigenvalue weighted by molar-refractivity contribution is -0.123. The molecule has 0 aliphatic carbocycles. The lowest BCUT2D eigenvalue weighted by Crippen LogP contribution is -2.28. The highest BCUT2D eigenvalue weighted by Gasteiger charge is 2.34. The van der Waals surface area contributed by atoms with E-state index in [-0.39, 0.29) is 18.9 Å². The highest BCUT2D eigenvalue weighted by Crippen LogP contribution is 2.28. The number of aromatic hydroxyl groups is 1. The highest BCUT2D eigenvalue weighted by atomic mass is 19.1. The predicted octanol–water partition coefficient (Wildman–Crippen LogP) is 0.369. The van der Waals surface area contributed by atoms with Crippen molar-refractivity contribution in [2.45, 2.75) is 6.42 Å². The Hall–Kier alpha value is -2.11. The molecule has 0 spiro atoms. The van der Waals surface area contributed by atoms with Gasteiger partial charge < -0.3 is 15.7 Å². The van der Waals surface area contributed by atoms with Gasteiger partial charge in [-0.1, -0.05) is 0 Å². The smallest absolute Gasteiger partial charge is 0.227 e. The molecule has 17 heavy (non-hydrogen) atoms. The number of carbonyl (C=O) groups excluding carboxylic acids is 2. The predicted molar refractivity (Wildman–Crippen MR) is 57.7 cm³/mol. The summed E-state index contributed by atoms with van der Waals surface area (Å²) in [5.74, 6) is -2.62. The number of amides is 2. The van der Waals surface area contributed by atoms with Crippen LogP contribution in [-0.4, -0.2) is 23.5 Å². The van der Waals surface area contributed by atoms with E-state index in [9.17, 15) is 19.1 Å². The molecule has 1 heterocycles. The summed E-state index contributed by atoms with van der Waals surface area (Å²) in [4.78, 5) is 23.9. The monoisotopic (exact) mass is 238 g/mol. The number of hydrogen-bond donors (Lipinski definition) is 2. The molecule has 1 aliphatic rings. The van der Waals surface area contributed by atoms with Crippen LogP contribution in [-0.2, 0) is 9.59 Å². The molecule has 0 bridgehead atoms. The molecule has 5 nitrogen and oxygen atoms in total. The molecule has 1 aliphatic heterocycles. The number of benzene rings is 1. The minimum atomic E-state index is -0.758. The van der Waals surface area contributed by atoms with E-state index < -0.39 is 23.4 Å². The Balaban J connectivity index is 2.26. The molecule has 6 heteroatoms. The maximum absolute atomic E-state index is 12.9. The molecule has 1 saturated heterocycles. The molecule has 90 valence electrons. The molecule has 0 aromatic heterocycles. The van der Waals surface area contributed by atoms with Gasteiger partial charge in [0.15, 0.2) is 11.6 Å². The van der Waals surface area contributed by atoms with Crippen LogP contribution in [0.2, 0.25) is 0 Å². The molecule has 1 fully saturated rings. The van der Waals surface area contributed by atoms with Crippen LogP contribution in [0.1, 0.15) is 6.42 Å². The SMILES string of the molecule is NC(=O)C1CC(=O)N(c2ccc(F)c(O)c2)C1. The molecular weight excluding hydrogens is 227 g/mol. The fourth-order valence-corrected chi connectivity index (χ4v) is 1.82. The molecular formula is C11H11FN2O3. The van der Waals surface area contributed by atoms with Gasteiger partial charge in [-0.25, -0.2) is 4.39 Å². The second kappa shape index (κ2) is 4.04. The van der Waals surface area contributed by atoms with Gasteiger partial charge in [-0.05, 0) is 12.1 Å². The van der Waals surface area contributed by atoms with E-state index in [1.165, 1.54) is 11.0 Å². The first kappa shape index (κ1) is 11.4. The Morgan fingerprint density at radius 1 is 1.53 bits per heavy atom. The zero-order chi connectivity index (χ0) is 12.6. The third-order valence-corrected chi connectivity index (χ3v) is 2.77. The third kappa shape index (κ3) is 2.06. The van der Waals surface area contributed by atoms with Crippen LogP contribution in [0, 0.1) is 11.7 Å². The molecule has 2 amide bonds. The molecule has 1 aromatic carbocycles. The number of halogens is 1. The molecule has 1 atom stereocenters. The molecule has 1 aromatic rings. The van der Waals surface area contributed by atoms with Crippen LogP contribution in [0.3, 0.4) is 0 Å². The second-order valence-corrected chi connectivity index (χ2v) is 3.94. The number of hydrogen-bond acceptors (Lipinski definition) is 3. The molecule has 1 unspecified atom stereocenters. The molecule has 0 radical (unpaired) electrons. The van der Waals surface area contributed by atoms with E-state index in [1.807, 2.05) is 0 Å². The van der Waals surface area contributed by atoms with Gasteiger partial charge in [0, 0.05) is 24.7 Å². The normalized spacial score (nSPS) is 19.7. The molecule has 3 N–H and O–H groups in total. The Morgan fingerprint density at radius 2 is 2.24 bits per heavy atom. The average molecular weight is 238 g/mol. The van der Waals surface area contributed by atoms with Gasteiger partial charge in [-0.3, -0.25) is 9.59 Å². The van der Waals surface area contributed by atoms with Crippen molar-refractivity contribution in [3.63, 3.8) is 0 Å². The standard InChI is InChI=1S/C11H11FN2O3/c12-8-2-1-7(4-9(8)15)14-5-6(11(13)17)3-10(14)16/h1-2,4,6,15H,3,5H2,(H2,13,17). The lowest BCUT2D eigenvalue weighted by atomic mass is 10.1. The lowest BCUT2D eigenvalue weighted by Gasteiger charge is -2.16. The number of carbonyl (C=O) groups is 2. The quantitative estimate of drug-likeness (QED) is 0.780. The second-order valence-electron chi connectivity index (χ2n) is 3.94. The summed E-state index contributed by atoms with van der Waals surface area (Å²) in [6.07, 6.45) is 0.0491. The largest absolute Gasteiger partial charge is 0.505 e. The molecule has 2 rings (SSSR count). The van der Waals surface area contributed by atoms with Crippen LogP contribution >= 0.6 is 0 Å². The van der Waals surface area contributed by atoms with Gasteiger partial charge in [0.25, 0.3) is 0 Å². The van der Waals surface area contributed by atoms with E-state index in [1.54, 1.807) is 0 Å². The summed E-state index contributed by atoms with van der Waals surface area (Å²) in [5.41, 5.74) is 5.49. The zero-order valence-electron chi connectivity index (χ0n) is 8.89. The van der Waals surface area contributed by atoms with Crippen molar-refractivity contribution < 1.29 is 19.1 Å². The van der Waals surface area contributed by atoms with Gasteiger partial charge in [0.2, 0.25) is 11.8 Å². The maximum Gasteiger partial charge on any atom is 0.227 e. The van der Waals surface area contributed by atoms with Crippen LogP contribution < -0.4 is 10.6 Å². The first-order valence-corrected chi connectivity index (χ1v) is 5.07. The van der Waals surface area contributed by atoms with Gasteiger partial charge in [-0.2, -0.15) is 0 Å². The summed E-state index contributed by atoms with van der Waals surface area (Å²) in [6, 6.07) is 3.59. The highest BCUT2D eigenvalue weighted by molar-refractivity contribution is 6.00. The van der Waals surface area contributed by atoms with Gasteiger partial charge in [-0.15, -0.1) is 0 Å². The van der Waals surface area contributed by atoms with Crippen LogP contribution in [0.15, 0.2) is 18.2 Å². The van der Waals surface area contributed by atoms with Gasteiger partial charge >= 0.3 is 0 Å². The Bertz CT molecular complexity index is 490. The van der Waals surface area contributed by atoms with Crippen molar-refractivity contribution in [2.75, 3.05) is 11.4 Å². The van der Waals surface area contributed by atoms with Crippen molar-refractivity contribution in [1.29, 1.82) is 0 Å². The van der Waals surface area contributed by atoms with Crippen molar-refractivity contribution in [2.24, 2.45) is 11.7 Å². The fourth-order valence-electron chi connectivity index (χ4n) is 1.82.